The Labute approximate surface area is 159 Å². The average Bonchev–Trinajstić information content (AvgIpc) is 2.98. The second-order valence-corrected chi connectivity index (χ2v) is 8.96. The van der Waals surface area contributed by atoms with Gasteiger partial charge in [-0.3, -0.25) is 9.69 Å². The highest BCUT2D eigenvalue weighted by molar-refractivity contribution is 7.89. The molecule has 1 aliphatic rings. The van der Waals surface area contributed by atoms with Crippen LogP contribution >= 0.6 is 0 Å². The Balaban J connectivity index is 1.74. The van der Waals surface area contributed by atoms with Crippen LogP contribution in [0.5, 0.6) is 0 Å². The van der Waals surface area contributed by atoms with Crippen LogP contribution in [0.15, 0.2) is 29.2 Å². The van der Waals surface area contributed by atoms with E-state index in [0.717, 1.165) is 43.8 Å². The highest BCUT2D eigenvalue weighted by atomic mass is 32.2. The number of ether oxygens (including phenoxy) is 1. The molecule has 0 atom stereocenters. The predicted molar refractivity (Wildman–Crippen MR) is 103 cm³/mol. The van der Waals surface area contributed by atoms with Gasteiger partial charge in [0.1, 0.15) is 5.69 Å². The third kappa shape index (κ3) is 4.16. The topological polar surface area (TPSA) is 83.9 Å². The van der Waals surface area contributed by atoms with Crippen molar-refractivity contribution >= 4 is 26.8 Å². The van der Waals surface area contributed by atoms with Gasteiger partial charge in [0, 0.05) is 58.2 Å². The Bertz CT molecular complexity index is 930. The van der Waals surface area contributed by atoms with Gasteiger partial charge in [0.25, 0.3) is 5.91 Å². The summed E-state index contributed by atoms with van der Waals surface area (Å²) in [4.78, 5) is 15.0. The zero-order valence-electron chi connectivity index (χ0n) is 15.9. The van der Waals surface area contributed by atoms with Gasteiger partial charge in [-0.15, -0.1) is 0 Å². The lowest BCUT2D eigenvalue weighted by molar-refractivity contribution is 0.0383. The van der Waals surface area contributed by atoms with Crippen LogP contribution < -0.4 is 5.32 Å². The quantitative estimate of drug-likeness (QED) is 0.771. The minimum absolute atomic E-state index is 0.168. The molecule has 148 valence electrons. The van der Waals surface area contributed by atoms with E-state index in [0.29, 0.717) is 12.2 Å². The van der Waals surface area contributed by atoms with Gasteiger partial charge >= 0.3 is 0 Å². The Morgan fingerprint density at radius 1 is 1.22 bits per heavy atom. The van der Waals surface area contributed by atoms with Gasteiger partial charge in [0.15, 0.2) is 0 Å². The first-order valence-corrected chi connectivity index (χ1v) is 10.3. The first kappa shape index (κ1) is 19.8. The summed E-state index contributed by atoms with van der Waals surface area (Å²) in [6.07, 6.45) is 0. The Morgan fingerprint density at radius 3 is 2.59 bits per heavy atom. The molecular formula is C18H26N4O4S. The molecule has 3 rings (SSSR count). The largest absolute Gasteiger partial charge is 0.379 e. The summed E-state index contributed by atoms with van der Waals surface area (Å²) in [5.74, 6) is -0.168. The molecule has 9 heteroatoms. The van der Waals surface area contributed by atoms with Crippen molar-refractivity contribution < 1.29 is 17.9 Å². The molecule has 0 spiro atoms. The number of hydrogen-bond acceptors (Lipinski definition) is 5. The van der Waals surface area contributed by atoms with E-state index in [4.69, 9.17) is 4.74 Å². The molecule has 1 aliphatic heterocycles. The van der Waals surface area contributed by atoms with Crippen LogP contribution in [-0.2, 0) is 21.8 Å². The highest BCUT2D eigenvalue weighted by Crippen LogP contribution is 2.23. The average molecular weight is 394 g/mol. The number of sulfonamides is 1. The van der Waals surface area contributed by atoms with Gasteiger partial charge < -0.3 is 14.6 Å². The monoisotopic (exact) mass is 394 g/mol. The fourth-order valence-corrected chi connectivity index (χ4v) is 4.10. The number of amides is 1. The first-order valence-electron chi connectivity index (χ1n) is 8.91. The van der Waals surface area contributed by atoms with E-state index in [2.05, 4.69) is 10.2 Å². The molecule has 0 bridgehead atoms. The molecular weight excluding hydrogens is 368 g/mol. The molecule has 1 fully saturated rings. The zero-order valence-corrected chi connectivity index (χ0v) is 16.8. The van der Waals surface area contributed by atoms with E-state index < -0.39 is 10.0 Å². The van der Waals surface area contributed by atoms with Gasteiger partial charge in [-0.05, 0) is 24.3 Å². The number of aromatic nitrogens is 1. The molecule has 27 heavy (non-hydrogen) atoms. The van der Waals surface area contributed by atoms with Crippen molar-refractivity contribution in [3.63, 3.8) is 0 Å². The maximum absolute atomic E-state index is 12.6. The number of aryl methyl sites for hydroxylation is 1. The Kier molecular flexibility index (Phi) is 5.85. The number of morpholine rings is 1. The van der Waals surface area contributed by atoms with Crippen molar-refractivity contribution in [1.82, 2.24) is 19.1 Å². The highest BCUT2D eigenvalue weighted by Gasteiger charge is 2.20. The van der Waals surface area contributed by atoms with E-state index in [1.807, 2.05) is 0 Å². The van der Waals surface area contributed by atoms with Crippen molar-refractivity contribution in [2.45, 2.75) is 4.90 Å². The number of nitrogens with one attached hydrogen (secondary N) is 1. The summed E-state index contributed by atoms with van der Waals surface area (Å²) in [6.45, 7) is 4.57. The SMILES string of the molecule is CN(C)S(=O)(=O)c1ccc2c(c1)cc(C(=O)NCCN1CCOCC1)n2C. The molecule has 2 heterocycles. The molecule has 1 N–H and O–H groups in total. The van der Waals surface area contributed by atoms with Gasteiger partial charge in [0.2, 0.25) is 10.0 Å². The third-order valence-electron chi connectivity index (χ3n) is 4.84. The first-order chi connectivity index (χ1) is 12.8. The fourth-order valence-electron chi connectivity index (χ4n) is 3.16. The van der Waals surface area contributed by atoms with Gasteiger partial charge in [-0.25, -0.2) is 12.7 Å². The van der Waals surface area contributed by atoms with E-state index in [1.54, 1.807) is 35.9 Å². The van der Waals surface area contributed by atoms with E-state index in [1.165, 1.54) is 18.4 Å². The zero-order chi connectivity index (χ0) is 19.6. The summed E-state index contributed by atoms with van der Waals surface area (Å²) in [5.41, 5.74) is 1.32. The van der Waals surface area contributed by atoms with Crippen LogP contribution in [-0.4, -0.2) is 81.6 Å². The van der Waals surface area contributed by atoms with Crippen molar-refractivity contribution in [3.05, 3.63) is 30.0 Å². The number of carbonyl (C=O) groups excluding carboxylic acids is 1. The van der Waals surface area contributed by atoms with Crippen LogP contribution in [0.1, 0.15) is 10.5 Å². The number of carbonyl (C=O) groups is 1. The van der Waals surface area contributed by atoms with E-state index in [-0.39, 0.29) is 10.8 Å². The van der Waals surface area contributed by atoms with Crippen LogP contribution in [0.2, 0.25) is 0 Å². The number of benzene rings is 1. The van der Waals surface area contributed by atoms with Crippen molar-refractivity contribution in [2.24, 2.45) is 7.05 Å². The number of fused-ring (bicyclic) bond motifs is 1. The molecule has 1 aromatic heterocycles. The lowest BCUT2D eigenvalue weighted by Crippen LogP contribution is -2.41. The van der Waals surface area contributed by atoms with Crippen LogP contribution in [0.4, 0.5) is 0 Å². The molecule has 0 radical (unpaired) electrons. The molecule has 1 amide bonds. The van der Waals surface area contributed by atoms with E-state index in [9.17, 15) is 13.2 Å². The molecule has 0 unspecified atom stereocenters. The van der Waals surface area contributed by atoms with Crippen molar-refractivity contribution in [2.75, 3.05) is 53.5 Å². The standard InChI is InChI=1S/C18H26N4O4S/c1-20(2)27(24,25)15-4-5-16-14(12-15)13-17(21(16)3)18(23)19-6-7-22-8-10-26-11-9-22/h4-5,12-13H,6-11H2,1-3H3,(H,19,23). The van der Waals surface area contributed by atoms with E-state index >= 15 is 0 Å². The minimum atomic E-state index is -3.51. The normalized spacial score (nSPS) is 16.1. The molecule has 0 aliphatic carbocycles. The second kappa shape index (κ2) is 7.97. The Morgan fingerprint density at radius 2 is 1.93 bits per heavy atom. The summed E-state index contributed by atoms with van der Waals surface area (Å²) in [5, 5.41) is 3.66. The number of rotatable bonds is 6. The van der Waals surface area contributed by atoms with Crippen LogP contribution in [0.25, 0.3) is 10.9 Å². The van der Waals surface area contributed by atoms with Gasteiger partial charge in [0.05, 0.1) is 18.1 Å². The fraction of sp³-hybridized carbons (Fsp3) is 0.500. The maximum atomic E-state index is 12.6. The summed E-state index contributed by atoms with van der Waals surface area (Å²) >= 11 is 0. The molecule has 0 saturated carbocycles. The number of nitrogens with zero attached hydrogens (tertiary/aromatic N) is 3. The minimum Gasteiger partial charge on any atom is -0.379 e. The summed E-state index contributed by atoms with van der Waals surface area (Å²) in [7, 11) is 1.29. The lowest BCUT2D eigenvalue weighted by atomic mass is 10.2. The summed E-state index contributed by atoms with van der Waals surface area (Å²) in [6, 6.07) is 6.64. The maximum Gasteiger partial charge on any atom is 0.267 e. The predicted octanol–water partition coefficient (Wildman–Crippen LogP) is 0.491. The van der Waals surface area contributed by atoms with Gasteiger partial charge in [-0.1, -0.05) is 0 Å². The molecule has 1 aromatic carbocycles. The molecule has 1 saturated heterocycles. The second-order valence-electron chi connectivity index (χ2n) is 6.81. The Hall–Kier alpha value is -1.94. The van der Waals surface area contributed by atoms with Crippen LogP contribution in [0.3, 0.4) is 0 Å². The van der Waals surface area contributed by atoms with Gasteiger partial charge in [-0.2, -0.15) is 0 Å². The lowest BCUT2D eigenvalue weighted by Gasteiger charge is -2.26. The number of hydrogen-bond donors (Lipinski definition) is 1. The summed E-state index contributed by atoms with van der Waals surface area (Å²) < 4.78 is 32.9. The molecule has 2 aromatic rings. The molecule has 8 nitrogen and oxygen atoms in total. The van der Waals surface area contributed by atoms with Crippen molar-refractivity contribution in [1.29, 1.82) is 0 Å². The smallest absolute Gasteiger partial charge is 0.267 e. The third-order valence-corrected chi connectivity index (χ3v) is 6.65. The van der Waals surface area contributed by atoms with Crippen LogP contribution in [0, 0.1) is 0 Å². The van der Waals surface area contributed by atoms with Crippen molar-refractivity contribution in [3.8, 4) is 0 Å².